The van der Waals surface area contributed by atoms with E-state index in [-0.39, 0.29) is 61.3 Å². The summed E-state index contributed by atoms with van der Waals surface area (Å²) in [4.78, 5) is 128. The number of hydrogen-bond acceptors (Lipinski definition) is 14. The number of nitrogens with zero attached hydrogens (tertiary/aromatic N) is 3. The van der Waals surface area contributed by atoms with Crippen LogP contribution in [-0.4, -0.2) is 181 Å². The van der Waals surface area contributed by atoms with Crippen LogP contribution in [0.5, 0.6) is 0 Å². The van der Waals surface area contributed by atoms with Gasteiger partial charge in [-0.1, -0.05) is 125 Å². The van der Waals surface area contributed by atoms with Crippen LogP contribution in [0.3, 0.4) is 0 Å². The molecule has 8 amide bonds. The van der Waals surface area contributed by atoms with Crippen molar-refractivity contribution < 1.29 is 67.6 Å². The average Bonchev–Trinajstić information content (AvgIpc) is 4.16. The number of carboxylic acid groups (broad SMARTS) is 1. The second kappa shape index (κ2) is 36.7. The molecule has 0 saturated carbocycles. The van der Waals surface area contributed by atoms with E-state index in [1.54, 1.807) is 102 Å². The van der Waals surface area contributed by atoms with Crippen LogP contribution in [0.2, 0.25) is 0 Å². The SMILES string of the molecule is CC[C@H](C)[C@@H]([C@@H](CC(=O)N1CCC[C@H]1[C@H](OC)[C@@H](C)C(=O)N[C@H](C)[C@@H](O)c1ccccc1)OC)N(C)C(=O)[C@@H](NC(=O)[C@H](C(C)C)N(C)C(=O)OCc1ccc(NC(=O)[C@H](CCC(=O)O)NC(=O)[C@H](CC(C)C)NC(=O)[C@@H](CC(C)C)NC)cc1)C(C)C. The second-order valence-corrected chi connectivity index (χ2v) is 25.2. The fraction of sp³-hybridized carbons (Fsp3) is 0.677. The summed E-state index contributed by atoms with van der Waals surface area (Å²) in [5.74, 6) is -5.93. The van der Waals surface area contributed by atoms with E-state index in [4.69, 9.17) is 14.2 Å². The average molecular weight is 1240 g/mol. The number of carbonyl (C=O) groups excluding carboxylic acids is 8. The van der Waals surface area contributed by atoms with Crippen molar-refractivity contribution in [1.82, 2.24) is 41.3 Å². The minimum atomic E-state index is -1.27. The van der Waals surface area contributed by atoms with E-state index in [1.165, 1.54) is 26.2 Å². The number of methoxy groups -OCH3 is 2. The molecule has 0 aliphatic carbocycles. The molecule has 0 unspecified atom stereocenters. The Kier molecular flexibility index (Phi) is 31.5. The van der Waals surface area contributed by atoms with E-state index < -0.39 is 127 Å². The number of aliphatic carboxylic acids is 1. The number of benzene rings is 2. The highest BCUT2D eigenvalue weighted by atomic mass is 16.6. The third-order valence-electron chi connectivity index (χ3n) is 16.7. The van der Waals surface area contributed by atoms with Gasteiger partial charge in [0.15, 0.2) is 0 Å². The minimum absolute atomic E-state index is 0.00823. The molecule has 1 aliphatic heterocycles. The lowest BCUT2D eigenvalue weighted by Crippen LogP contribution is -2.60. The molecule has 1 saturated heterocycles. The molecular formula is C65H105N9O14. The van der Waals surface area contributed by atoms with Crippen LogP contribution in [0.15, 0.2) is 54.6 Å². The molecule has 1 aliphatic rings. The lowest BCUT2D eigenvalue weighted by Gasteiger charge is -2.41. The Balaban J connectivity index is 1.71. The molecule has 0 spiro atoms. The van der Waals surface area contributed by atoms with Crippen LogP contribution in [0.4, 0.5) is 10.5 Å². The van der Waals surface area contributed by atoms with Gasteiger partial charge in [0, 0.05) is 47.0 Å². The van der Waals surface area contributed by atoms with E-state index in [2.05, 4.69) is 31.9 Å². The van der Waals surface area contributed by atoms with Gasteiger partial charge in [0.25, 0.3) is 0 Å². The molecule has 0 bridgehead atoms. The number of rotatable bonds is 36. The lowest BCUT2D eigenvalue weighted by molar-refractivity contribution is -0.148. The first-order valence-electron chi connectivity index (χ1n) is 31.2. The molecule has 23 heteroatoms. The number of carboxylic acids is 1. The number of likely N-dealkylation sites (tertiary alicyclic amines) is 1. The highest BCUT2D eigenvalue weighted by Gasteiger charge is 2.44. The van der Waals surface area contributed by atoms with Crippen LogP contribution in [0.25, 0.3) is 0 Å². The fourth-order valence-electron chi connectivity index (χ4n) is 11.5. The van der Waals surface area contributed by atoms with E-state index in [0.717, 1.165) is 0 Å². The number of aliphatic hydroxyl groups is 1. The highest BCUT2D eigenvalue weighted by molar-refractivity contribution is 5.99. The van der Waals surface area contributed by atoms with Gasteiger partial charge in [0.05, 0.1) is 54.8 Å². The van der Waals surface area contributed by atoms with Crippen LogP contribution in [0.1, 0.15) is 152 Å². The quantitative estimate of drug-likeness (QED) is 0.0386. The number of anilines is 1. The number of likely N-dealkylation sites (N-methyl/N-ethyl adjacent to an activating group) is 3. The van der Waals surface area contributed by atoms with Crippen molar-refractivity contribution in [2.45, 2.75) is 208 Å². The molecule has 494 valence electrons. The molecule has 1 fully saturated rings. The predicted molar refractivity (Wildman–Crippen MR) is 336 cm³/mol. The maximum atomic E-state index is 14.8. The smallest absolute Gasteiger partial charge is 0.410 e. The van der Waals surface area contributed by atoms with Crippen molar-refractivity contribution in [2.75, 3.05) is 47.2 Å². The van der Waals surface area contributed by atoms with Gasteiger partial charge in [-0.15, -0.1) is 0 Å². The topological polar surface area (TPSA) is 304 Å². The first-order valence-corrected chi connectivity index (χ1v) is 31.2. The molecule has 1 heterocycles. The van der Waals surface area contributed by atoms with Gasteiger partial charge in [-0.3, -0.25) is 43.3 Å². The summed E-state index contributed by atoms with van der Waals surface area (Å²) in [5, 5.41) is 37.5. The van der Waals surface area contributed by atoms with E-state index >= 15 is 0 Å². The summed E-state index contributed by atoms with van der Waals surface area (Å²) in [5.41, 5.74) is 1.49. The van der Waals surface area contributed by atoms with Gasteiger partial charge in [0.2, 0.25) is 41.4 Å². The molecule has 3 rings (SSSR count). The van der Waals surface area contributed by atoms with E-state index in [0.29, 0.717) is 49.0 Å². The van der Waals surface area contributed by atoms with Gasteiger partial charge < -0.3 is 66.1 Å². The van der Waals surface area contributed by atoms with Crippen molar-refractivity contribution in [1.29, 1.82) is 0 Å². The zero-order valence-corrected chi connectivity index (χ0v) is 55.2. The minimum Gasteiger partial charge on any atom is -0.481 e. The highest BCUT2D eigenvalue weighted by Crippen LogP contribution is 2.31. The maximum Gasteiger partial charge on any atom is 0.410 e. The molecule has 8 N–H and O–H groups in total. The third-order valence-corrected chi connectivity index (χ3v) is 16.7. The monoisotopic (exact) mass is 1240 g/mol. The molecule has 0 radical (unpaired) electrons. The molecule has 23 nitrogen and oxygen atoms in total. The third kappa shape index (κ3) is 22.4. The Morgan fingerprint density at radius 1 is 0.693 bits per heavy atom. The van der Waals surface area contributed by atoms with Crippen molar-refractivity contribution in [3.05, 3.63) is 65.7 Å². The van der Waals surface area contributed by atoms with Crippen molar-refractivity contribution in [3.8, 4) is 0 Å². The van der Waals surface area contributed by atoms with Gasteiger partial charge in [-0.25, -0.2) is 4.79 Å². The molecule has 0 aromatic heterocycles. The van der Waals surface area contributed by atoms with E-state index in [1.807, 2.05) is 59.7 Å². The zero-order chi connectivity index (χ0) is 66.3. The Hall–Kier alpha value is -6.69. The van der Waals surface area contributed by atoms with Crippen LogP contribution >= 0.6 is 0 Å². The second-order valence-electron chi connectivity index (χ2n) is 25.2. The van der Waals surface area contributed by atoms with Crippen molar-refractivity contribution in [3.63, 3.8) is 0 Å². The van der Waals surface area contributed by atoms with Crippen molar-refractivity contribution >= 4 is 59.1 Å². The molecule has 88 heavy (non-hydrogen) atoms. The fourth-order valence-corrected chi connectivity index (χ4v) is 11.5. The molecular weight excluding hydrogens is 1130 g/mol. The number of nitrogens with one attached hydrogen (secondary N) is 6. The number of hydrogen-bond donors (Lipinski definition) is 8. The van der Waals surface area contributed by atoms with Gasteiger partial charge >= 0.3 is 12.1 Å². The first kappa shape index (κ1) is 75.6. The number of amides is 8. The summed E-state index contributed by atoms with van der Waals surface area (Å²) in [6.45, 7) is 22.5. The Labute approximate surface area is 522 Å². The standard InChI is InChI=1S/C65H105N9O14/c1-18-41(10)56(51(86-16)35-52(75)74-32-22-25-50(74)58(87-17)42(11)59(79)67-43(12)57(78)45-23-20-19-21-24-45)72(14)64(84)54(39(6)7)71-63(83)55(40(8)9)73(15)65(85)88-36-44-26-28-46(29-27-44)68-60(80)47(30-31-53(76)77)69-62(82)49(34-38(4)5)70-61(81)48(66-13)33-37(2)3/h19-21,23-24,26-29,37-43,47-51,54-58,66,78H,18,22,25,30-36H2,1-17H3,(H,67,79)(H,68,80)(H,69,82)(H,70,81)(H,71,83)(H,76,77)/t41-,42+,43+,47-,48+,49-,50-,51+,54-,55-,56-,57+,58+/m0/s1. The summed E-state index contributed by atoms with van der Waals surface area (Å²) in [7, 11) is 7.75. The lowest BCUT2D eigenvalue weighted by atomic mass is 9.89. The molecule has 2 aromatic carbocycles. The molecule has 13 atom stereocenters. The zero-order valence-electron chi connectivity index (χ0n) is 55.2. The van der Waals surface area contributed by atoms with Crippen LogP contribution < -0.4 is 31.9 Å². The maximum absolute atomic E-state index is 14.8. The Morgan fingerprint density at radius 3 is 1.82 bits per heavy atom. The summed E-state index contributed by atoms with van der Waals surface area (Å²) >= 11 is 0. The summed E-state index contributed by atoms with van der Waals surface area (Å²) in [6.07, 6.45) is -1.23. The van der Waals surface area contributed by atoms with Crippen LogP contribution in [0, 0.1) is 35.5 Å². The van der Waals surface area contributed by atoms with Crippen LogP contribution in [-0.2, 0) is 59.2 Å². The Morgan fingerprint density at radius 2 is 1.28 bits per heavy atom. The van der Waals surface area contributed by atoms with Crippen molar-refractivity contribution in [2.24, 2.45) is 35.5 Å². The van der Waals surface area contributed by atoms with Gasteiger partial charge in [-0.2, -0.15) is 0 Å². The largest absolute Gasteiger partial charge is 0.481 e. The predicted octanol–water partition coefficient (Wildman–Crippen LogP) is 6.03. The normalized spacial score (nSPS) is 17.5. The summed E-state index contributed by atoms with van der Waals surface area (Å²) in [6, 6.07) is 8.76. The first-order chi connectivity index (χ1) is 41.4. The van der Waals surface area contributed by atoms with E-state index in [9.17, 15) is 53.4 Å². The molecule has 2 aromatic rings. The Bertz CT molecular complexity index is 2570. The van der Waals surface area contributed by atoms with Gasteiger partial charge in [0.1, 0.15) is 30.8 Å². The number of carbonyl (C=O) groups is 9. The van der Waals surface area contributed by atoms with Gasteiger partial charge in [-0.05, 0) is 98.9 Å². The summed E-state index contributed by atoms with van der Waals surface area (Å²) < 4.78 is 17.7. The number of ether oxygens (including phenoxy) is 3. The number of aliphatic hydroxyl groups excluding tert-OH is 1.